The highest BCUT2D eigenvalue weighted by Crippen LogP contribution is 2.40. The number of benzene rings is 2. The zero-order valence-corrected chi connectivity index (χ0v) is 17.9. The summed E-state index contributed by atoms with van der Waals surface area (Å²) >= 11 is 0.950. The molecule has 0 N–H and O–H groups in total. The molecule has 0 spiro atoms. The Morgan fingerprint density at radius 3 is 2.37 bits per heavy atom. The molecule has 0 unspecified atom stereocenters. The van der Waals surface area contributed by atoms with Gasteiger partial charge in [0.2, 0.25) is 0 Å². The number of anilines is 1. The van der Waals surface area contributed by atoms with Gasteiger partial charge >= 0.3 is 0 Å². The molecular weight excluding hydrogens is 400 g/mol. The maximum atomic E-state index is 12.9. The van der Waals surface area contributed by atoms with E-state index in [4.69, 9.17) is 9.47 Å². The van der Waals surface area contributed by atoms with E-state index < -0.39 is 0 Å². The summed E-state index contributed by atoms with van der Waals surface area (Å²) in [7, 11) is 3.24. The number of imide groups is 1. The molecule has 0 saturated carbocycles. The van der Waals surface area contributed by atoms with Crippen LogP contribution in [0.3, 0.4) is 0 Å². The van der Waals surface area contributed by atoms with Gasteiger partial charge in [0, 0.05) is 24.7 Å². The predicted octanol–water partition coefficient (Wildman–Crippen LogP) is 4.54. The first-order valence-corrected chi connectivity index (χ1v) is 10.7. The van der Waals surface area contributed by atoms with Gasteiger partial charge in [-0.05, 0) is 42.3 Å². The van der Waals surface area contributed by atoms with Crippen LogP contribution in [0.5, 0.6) is 11.5 Å². The average Bonchev–Trinajstić information content (AvgIpc) is 3.39. The Bertz CT molecular complexity index is 984. The molecule has 2 saturated heterocycles. The zero-order chi connectivity index (χ0) is 21.1. The topological polar surface area (TPSA) is 59.1 Å². The number of methoxy groups -OCH3 is 2. The van der Waals surface area contributed by atoms with Gasteiger partial charge in [-0.1, -0.05) is 30.3 Å². The lowest BCUT2D eigenvalue weighted by molar-refractivity contribution is -0.123. The van der Waals surface area contributed by atoms with Crippen LogP contribution < -0.4 is 14.4 Å². The second-order valence-electron chi connectivity index (χ2n) is 7.21. The van der Waals surface area contributed by atoms with Gasteiger partial charge in [-0.2, -0.15) is 0 Å². The van der Waals surface area contributed by atoms with Gasteiger partial charge in [0.25, 0.3) is 11.1 Å². The van der Waals surface area contributed by atoms with Crippen molar-refractivity contribution in [3.63, 3.8) is 0 Å². The Balaban J connectivity index is 1.63. The van der Waals surface area contributed by atoms with Crippen LogP contribution >= 0.6 is 11.8 Å². The molecule has 0 bridgehead atoms. The minimum atomic E-state index is -0.293. The summed E-state index contributed by atoms with van der Waals surface area (Å²) in [5, 5.41) is -0.269. The molecule has 6 nitrogen and oxygen atoms in total. The molecule has 0 atom stereocenters. The van der Waals surface area contributed by atoms with Crippen LogP contribution in [0.1, 0.15) is 24.0 Å². The molecule has 0 aliphatic carbocycles. The van der Waals surface area contributed by atoms with Gasteiger partial charge in [0.15, 0.2) is 0 Å². The second kappa shape index (κ2) is 8.83. The number of rotatable bonds is 6. The average molecular weight is 425 g/mol. The molecule has 2 fully saturated rings. The van der Waals surface area contributed by atoms with Crippen molar-refractivity contribution in [2.45, 2.75) is 19.4 Å². The van der Waals surface area contributed by atoms with Crippen LogP contribution in [0, 0.1) is 0 Å². The van der Waals surface area contributed by atoms with Crippen LogP contribution in [-0.2, 0) is 11.3 Å². The fraction of sp³-hybridized carbons (Fsp3) is 0.304. The van der Waals surface area contributed by atoms with Crippen molar-refractivity contribution in [1.82, 2.24) is 4.90 Å². The smallest absolute Gasteiger partial charge is 0.293 e. The van der Waals surface area contributed by atoms with Crippen LogP contribution in [0.25, 0.3) is 6.08 Å². The number of amides is 2. The lowest BCUT2D eigenvalue weighted by Gasteiger charge is -2.22. The van der Waals surface area contributed by atoms with Gasteiger partial charge in [0.1, 0.15) is 11.5 Å². The standard InChI is InChI=1S/C23H24N2O4S/c1-28-19-14-18(24-10-6-7-11-24)20(29-2)12-17(19)13-21-22(26)25(23(27)30-21)15-16-8-4-3-5-9-16/h3-5,8-9,12-14H,6-7,10-11,15H2,1-2H3/b21-13-. The maximum Gasteiger partial charge on any atom is 0.293 e. The molecule has 156 valence electrons. The third-order valence-electron chi connectivity index (χ3n) is 5.32. The normalized spacial score (nSPS) is 17.9. The number of carbonyl (C=O) groups is 2. The predicted molar refractivity (Wildman–Crippen MR) is 119 cm³/mol. The van der Waals surface area contributed by atoms with E-state index in [9.17, 15) is 9.59 Å². The van der Waals surface area contributed by atoms with Crippen molar-refractivity contribution in [1.29, 1.82) is 0 Å². The SMILES string of the molecule is COc1cc(N2CCCC2)c(OC)cc1/C=C1\SC(=O)N(Cc2ccccc2)C1=O. The van der Waals surface area contributed by atoms with Crippen molar-refractivity contribution in [3.05, 3.63) is 58.5 Å². The Kier molecular flexibility index (Phi) is 5.99. The Morgan fingerprint density at radius 2 is 1.70 bits per heavy atom. The highest BCUT2D eigenvalue weighted by Gasteiger charge is 2.35. The van der Waals surface area contributed by atoms with E-state index in [1.807, 2.05) is 42.5 Å². The largest absolute Gasteiger partial charge is 0.496 e. The van der Waals surface area contributed by atoms with Crippen molar-refractivity contribution in [2.24, 2.45) is 0 Å². The summed E-state index contributed by atoms with van der Waals surface area (Å²) in [5.41, 5.74) is 2.61. The van der Waals surface area contributed by atoms with Crippen molar-refractivity contribution >= 4 is 34.7 Å². The Labute approximate surface area is 180 Å². The van der Waals surface area contributed by atoms with Gasteiger partial charge in [0.05, 0.1) is 31.4 Å². The number of nitrogens with zero attached hydrogens (tertiary/aromatic N) is 2. The van der Waals surface area contributed by atoms with Crippen molar-refractivity contribution in [3.8, 4) is 11.5 Å². The third kappa shape index (κ3) is 4.03. The minimum Gasteiger partial charge on any atom is -0.496 e. The molecule has 2 aliphatic rings. The number of hydrogen-bond acceptors (Lipinski definition) is 6. The van der Waals surface area contributed by atoms with Gasteiger partial charge < -0.3 is 14.4 Å². The number of thioether (sulfide) groups is 1. The van der Waals surface area contributed by atoms with Crippen molar-refractivity contribution in [2.75, 3.05) is 32.2 Å². The first-order chi connectivity index (χ1) is 14.6. The van der Waals surface area contributed by atoms with E-state index in [-0.39, 0.29) is 17.7 Å². The van der Waals surface area contributed by atoms with E-state index >= 15 is 0 Å². The molecule has 2 amide bonds. The van der Waals surface area contributed by atoms with Gasteiger partial charge in [-0.25, -0.2) is 0 Å². The first-order valence-electron chi connectivity index (χ1n) is 9.91. The molecule has 7 heteroatoms. The lowest BCUT2D eigenvalue weighted by Crippen LogP contribution is -2.27. The summed E-state index contributed by atoms with van der Waals surface area (Å²) in [5.74, 6) is 1.08. The maximum absolute atomic E-state index is 12.9. The van der Waals surface area contributed by atoms with Crippen molar-refractivity contribution < 1.29 is 19.1 Å². The number of hydrogen-bond donors (Lipinski definition) is 0. The summed E-state index contributed by atoms with van der Waals surface area (Å²) in [6.45, 7) is 2.23. The van der Waals surface area contributed by atoms with E-state index in [1.165, 1.54) is 4.90 Å². The fourth-order valence-electron chi connectivity index (χ4n) is 3.77. The van der Waals surface area contributed by atoms with E-state index in [0.29, 0.717) is 16.2 Å². The minimum absolute atomic E-state index is 0.261. The molecule has 4 rings (SSSR count). The summed E-state index contributed by atoms with van der Waals surface area (Å²) in [6, 6.07) is 13.3. The Morgan fingerprint density at radius 1 is 1.00 bits per heavy atom. The molecule has 2 heterocycles. The molecule has 0 radical (unpaired) electrons. The van der Waals surface area contributed by atoms with Crippen LogP contribution in [-0.4, -0.2) is 43.4 Å². The molecule has 2 aliphatic heterocycles. The highest BCUT2D eigenvalue weighted by atomic mass is 32.2. The van der Waals surface area contributed by atoms with E-state index in [2.05, 4.69) is 4.90 Å². The molecule has 30 heavy (non-hydrogen) atoms. The van der Waals surface area contributed by atoms with Crippen LogP contribution in [0.4, 0.5) is 10.5 Å². The molecular formula is C23H24N2O4S. The number of carbonyl (C=O) groups excluding carboxylic acids is 2. The van der Waals surface area contributed by atoms with Gasteiger partial charge in [-0.3, -0.25) is 14.5 Å². The molecule has 2 aromatic rings. The summed E-state index contributed by atoms with van der Waals surface area (Å²) < 4.78 is 11.2. The second-order valence-corrected chi connectivity index (χ2v) is 8.21. The molecule has 2 aromatic carbocycles. The summed E-state index contributed by atoms with van der Waals surface area (Å²) in [6.07, 6.45) is 4.02. The first kappa shape index (κ1) is 20.3. The lowest BCUT2D eigenvalue weighted by atomic mass is 10.1. The zero-order valence-electron chi connectivity index (χ0n) is 17.1. The number of ether oxygens (including phenoxy) is 2. The van der Waals surface area contributed by atoms with Gasteiger partial charge in [-0.15, -0.1) is 0 Å². The van der Waals surface area contributed by atoms with E-state index in [1.54, 1.807) is 20.3 Å². The summed E-state index contributed by atoms with van der Waals surface area (Å²) in [4.78, 5) is 29.3. The third-order valence-corrected chi connectivity index (χ3v) is 6.23. The fourth-order valence-corrected chi connectivity index (χ4v) is 4.60. The highest BCUT2D eigenvalue weighted by molar-refractivity contribution is 8.18. The van der Waals surface area contributed by atoms with Crippen LogP contribution in [0.2, 0.25) is 0 Å². The Hall–Kier alpha value is -2.93. The van der Waals surface area contributed by atoms with E-state index in [0.717, 1.165) is 54.7 Å². The van der Waals surface area contributed by atoms with Crippen LogP contribution in [0.15, 0.2) is 47.4 Å². The monoisotopic (exact) mass is 424 g/mol. The quantitative estimate of drug-likeness (QED) is 0.635. The molecule has 0 aromatic heterocycles.